The molecule has 1 heterocycles. The highest BCUT2D eigenvalue weighted by Gasteiger charge is 2.23. The first-order chi connectivity index (χ1) is 17.5. The van der Waals surface area contributed by atoms with E-state index >= 15 is 0 Å². The Hall–Kier alpha value is -3.03. The third kappa shape index (κ3) is 7.49. The van der Waals surface area contributed by atoms with Crippen LogP contribution in [0, 0.1) is 0 Å². The summed E-state index contributed by atoms with van der Waals surface area (Å²) in [6, 6.07) is 24.7. The average molecular weight is 536 g/mol. The minimum atomic E-state index is -4.20. The molecule has 0 aliphatic carbocycles. The topological polar surface area (TPSA) is 87.5 Å². The summed E-state index contributed by atoms with van der Waals surface area (Å²) >= 11 is 6.10. The number of benzene rings is 3. The van der Waals surface area contributed by atoms with Crippen LogP contribution in [0.15, 0.2) is 78.9 Å². The van der Waals surface area contributed by atoms with Crippen molar-refractivity contribution in [3.63, 3.8) is 0 Å². The van der Waals surface area contributed by atoms with Crippen LogP contribution in [0.1, 0.15) is 54.1 Å². The van der Waals surface area contributed by atoms with E-state index < -0.39 is 21.6 Å². The van der Waals surface area contributed by atoms with E-state index in [0.717, 1.165) is 38.9 Å². The van der Waals surface area contributed by atoms with Gasteiger partial charge >= 0.3 is 0 Å². The maximum Gasteiger partial charge on any atom is 0.265 e. The van der Waals surface area contributed by atoms with Gasteiger partial charge in [-0.05, 0) is 73.2 Å². The molecule has 1 atom stereocenters. The molecule has 7 heteroatoms. The fourth-order valence-corrected chi connectivity index (χ4v) is 5.60. The van der Waals surface area contributed by atoms with E-state index in [0.29, 0.717) is 17.9 Å². The van der Waals surface area contributed by atoms with Crippen LogP contribution in [-0.4, -0.2) is 28.8 Å². The summed E-state index contributed by atoms with van der Waals surface area (Å²) in [5.74, 6) is -0.795. The zero-order valence-electron chi connectivity index (χ0n) is 20.8. The highest BCUT2D eigenvalue weighted by molar-refractivity contribution is 7.85. The largest absolute Gasteiger partial charge is 0.386 e. The van der Waals surface area contributed by atoms with Gasteiger partial charge in [0.25, 0.3) is 10.1 Å². The van der Waals surface area contributed by atoms with Crippen LogP contribution in [0.4, 0.5) is 0 Å². The Morgan fingerprint density at radius 1 is 0.973 bits per heavy atom. The maximum atomic E-state index is 11.9. The van der Waals surface area contributed by atoms with Crippen LogP contribution >= 0.6 is 11.6 Å². The Morgan fingerprint density at radius 2 is 1.73 bits per heavy atom. The number of rotatable bonds is 9. The first-order valence-electron chi connectivity index (χ1n) is 12.1. The van der Waals surface area contributed by atoms with E-state index in [4.69, 9.17) is 11.6 Å². The van der Waals surface area contributed by atoms with Gasteiger partial charge < -0.3 is 5.11 Å². The molecule has 4 rings (SSSR count). The van der Waals surface area contributed by atoms with E-state index in [1.54, 1.807) is 13.8 Å². The lowest BCUT2D eigenvalue weighted by atomic mass is 9.87. The normalized spacial score (nSPS) is 13.3. The molecule has 0 amide bonds. The molecule has 192 valence electrons. The molecule has 0 aliphatic rings. The molecular formula is C30H30ClNO4S. The molecule has 37 heavy (non-hydrogen) atoms. The number of fused-ring (bicyclic) bond motifs is 1. The lowest BCUT2D eigenvalue weighted by Gasteiger charge is -2.23. The van der Waals surface area contributed by atoms with Gasteiger partial charge in [0.1, 0.15) is 0 Å². The second kappa shape index (κ2) is 11.2. The fourth-order valence-electron chi connectivity index (χ4n) is 4.56. The number of hydrogen-bond acceptors (Lipinski definition) is 4. The van der Waals surface area contributed by atoms with Crippen LogP contribution in [0.2, 0.25) is 5.02 Å². The number of halogens is 1. The van der Waals surface area contributed by atoms with Crippen molar-refractivity contribution < 1.29 is 18.1 Å². The first-order valence-corrected chi connectivity index (χ1v) is 14.1. The monoisotopic (exact) mass is 535 g/mol. The Bertz CT molecular complexity index is 1540. The molecular weight excluding hydrogens is 506 g/mol. The van der Waals surface area contributed by atoms with E-state index in [9.17, 15) is 18.1 Å². The van der Waals surface area contributed by atoms with Crippen LogP contribution in [0.25, 0.3) is 23.1 Å². The van der Waals surface area contributed by atoms with Gasteiger partial charge in [-0.15, -0.1) is 0 Å². The molecule has 2 N–H and O–H groups in total. The van der Waals surface area contributed by atoms with Crippen LogP contribution < -0.4 is 0 Å². The van der Waals surface area contributed by atoms with Crippen molar-refractivity contribution >= 4 is 44.8 Å². The van der Waals surface area contributed by atoms with E-state index in [1.165, 1.54) is 0 Å². The van der Waals surface area contributed by atoms with Gasteiger partial charge in [0.2, 0.25) is 0 Å². The molecule has 4 aromatic rings. The van der Waals surface area contributed by atoms with Crippen LogP contribution in [-0.2, 0) is 22.1 Å². The third-order valence-corrected chi connectivity index (χ3v) is 7.41. The third-order valence-electron chi connectivity index (χ3n) is 6.35. The van der Waals surface area contributed by atoms with Crippen molar-refractivity contribution in [1.29, 1.82) is 0 Å². The molecule has 5 nitrogen and oxygen atoms in total. The van der Waals surface area contributed by atoms with Crippen molar-refractivity contribution in [2.45, 2.75) is 38.2 Å². The van der Waals surface area contributed by atoms with Gasteiger partial charge in [-0.2, -0.15) is 8.42 Å². The molecule has 0 fully saturated rings. The zero-order chi connectivity index (χ0) is 26.6. The van der Waals surface area contributed by atoms with Gasteiger partial charge in [-0.3, -0.25) is 4.55 Å². The number of hydrogen-bond donors (Lipinski definition) is 2. The summed E-state index contributed by atoms with van der Waals surface area (Å²) < 4.78 is 33.4. The second-order valence-corrected chi connectivity index (χ2v) is 11.7. The summed E-state index contributed by atoms with van der Waals surface area (Å²) in [5, 5.41) is 12.2. The van der Waals surface area contributed by atoms with Crippen molar-refractivity contribution in [3.8, 4) is 0 Å². The SMILES string of the molecule is CC(C)(O)c1ccccc1CC[C@H](CS(=O)(=O)O)c1cccc(C=Cc2ccc3ccc(Cl)cc3n2)c1. The quantitative estimate of drug-likeness (QED) is 0.228. The molecule has 0 spiro atoms. The number of aromatic nitrogens is 1. The summed E-state index contributed by atoms with van der Waals surface area (Å²) in [6.45, 7) is 3.46. The Kier molecular flexibility index (Phi) is 8.14. The van der Waals surface area contributed by atoms with Gasteiger partial charge in [0.05, 0.1) is 22.6 Å². The Morgan fingerprint density at radius 3 is 2.49 bits per heavy atom. The Balaban J connectivity index is 1.58. The van der Waals surface area contributed by atoms with Gasteiger partial charge in [0.15, 0.2) is 0 Å². The van der Waals surface area contributed by atoms with Gasteiger partial charge in [-0.25, -0.2) is 4.98 Å². The molecule has 1 aromatic heterocycles. The van der Waals surface area contributed by atoms with Gasteiger partial charge in [-0.1, -0.05) is 78.3 Å². The zero-order valence-corrected chi connectivity index (χ0v) is 22.4. The average Bonchev–Trinajstić information content (AvgIpc) is 2.84. The number of pyridine rings is 1. The van der Waals surface area contributed by atoms with Crippen molar-refractivity contribution in [2.75, 3.05) is 5.75 Å². The van der Waals surface area contributed by atoms with Gasteiger partial charge in [0, 0.05) is 16.3 Å². The number of nitrogens with zero attached hydrogens (tertiary/aromatic N) is 1. The minimum absolute atomic E-state index is 0.377. The number of aliphatic hydroxyl groups is 1. The predicted octanol–water partition coefficient (Wildman–Crippen LogP) is 6.89. The molecule has 0 unspecified atom stereocenters. The molecule has 0 radical (unpaired) electrons. The Labute approximate surface area is 223 Å². The van der Waals surface area contributed by atoms with Crippen LogP contribution in [0.5, 0.6) is 0 Å². The smallest absolute Gasteiger partial charge is 0.265 e. The molecule has 0 aliphatic heterocycles. The van der Waals surface area contributed by atoms with E-state index in [-0.39, 0.29) is 5.75 Å². The molecule has 3 aromatic carbocycles. The standard InChI is InChI=1S/C30H30ClNO4S/c1-30(2,33)28-9-4-3-7-22(28)11-12-25(20-37(34,35)36)24-8-5-6-21(18-24)10-16-27-17-14-23-13-15-26(31)19-29(23)32-27/h3-10,13-19,25,33H,11-12,20H2,1-2H3,(H,34,35,36)/t25-/m1/s1. The molecule has 0 saturated heterocycles. The summed E-state index contributed by atoms with van der Waals surface area (Å²) in [5.41, 5.74) is 4.04. The predicted molar refractivity (Wildman–Crippen MR) is 151 cm³/mol. The molecule has 0 bridgehead atoms. The highest BCUT2D eigenvalue weighted by Crippen LogP contribution is 2.29. The summed E-state index contributed by atoms with van der Waals surface area (Å²) in [7, 11) is -4.20. The minimum Gasteiger partial charge on any atom is -0.386 e. The second-order valence-electron chi connectivity index (χ2n) is 9.78. The van der Waals surface area contributed by atoms with E-state index in [1.807, 2.05) is 91.0 Å². The van der Waals surface area contributed by atoms with Crippen molar-refractivity contribution in [1.82, 2.24) is 4.98 Å². The highest BCUT2D eigenvalue weighted by atomic mass is 35.5. The maximum absolute atomic E-state index is 11.9. The lowest BCUT2D eigenvalue weighted by Crippen LogP contribution is -2.19. The van der Waals surface area contributed by atoms with Crippen LogP contribution in [0.3, 0.4) is 0 Å². The lowest BCUT2D eigenvalue weighted by molar-refractivity contribution is 0.0775. The van der Waals surface area contributed by atoms with Crippen molar-refractivity contribution in [2.24, 2.45) is 0 Å². The summed E-state index contributed by atoms with van der Waals surface area (Å²) in [4.78, 5) is 4.64. The first kappa shape index (κ1) is 27.0. The fraction of sp³-hybridized carbons (Fsp3) is 0.233. The van der Waals surface area contributed by atoms with E-state index in [2.05, 4.69) is 4.98 Å². The van der Waals surface area contributed by atoms with Crippen molar-refractivity contribution in [3.05, 3.63) is 112 Å². The summed E-state index contributed by atoms with van der Waals surface area (Å²) in [6.07, 6.45) is 4.88. The molecule has 0 saturated carbocycles. The number of aryl methyl sites for hydroxylation is 1.